The summed E-state index contributed by atoms with van der Waals surface area (Å²) in [6, 6.07) is 0. The number of nitrogens with one attached hydrogen (secondary N) is 1. The van der Waals surface area contributed by atoms with Gasteiger partial charge in [0.25, 0.3) is 0 Å². The molecule has 3 rings (SSSR count). The van der Waals surface area contributed by atoms with Crippen molar-refractivity contribution in [3.63, 3.8) is 0 Å². The summed E-state index contributed by atoms with van der Waals surface area (Å²) in [7, 11) is -0.945. The fraction of sp³-hybridized carbons (Fsp3) is 0.667. The molecular weight excluding hydrogens is 270 g/mol. The lowest BCUT2D eigenvalue weighted by molar-refractivity contribution is 0.00578. The lowest BCUT2D eigenvalue weighted by Gasteiger charge is -2.32. The number of nitrogens with zero attached hydrogens (tertiary/aromatic N) is 1. The molecule has 1 N–H and O–H groups in total. The third kappa shape index (κ3) is 2.55. The average molecular weight is 292 g/mol. The molecule has 1 saturated carbocycles. The van der Waals surface area contributed by atoms with Crippen molar-refractivity contribution < 1.29 is 13.7 Å². The predicted molar refractivity (Wildman–Crippen MR) is 80.3 cm³/mol. The second kappa shape index (κ2) is 4.95. The fourth-order valence-corrected chi connectivity index (χ4v) is 2.62. The first kappa shape index (κ1) is 14.8. The Labute approximate surface area is 125 Å². The van der Waals surface area contributed by atoms with Gasteiger partial charge in [0.2, 0.25) is 0 Å². The molecule has 4 nitrogen and oxygen atoms in total. The van der Waals surface area contributed by atoms with Gasteiger partial charge in [-0.3, -0.25) is 5.10 Å². The Morgan fingerprint density at radius 2 is 1.95 bits per heavy atom. The van der Waals surface area contributed by atoms with Gasteiger partial charge < -0.3 is 9.31 Å². The highest BCUT2D eigenvalue weighted by atomic mass is 19.1. The lowest BCUT2D eigenvalue weighted by Crippen LogP contribution is -2.41. The first-order valence-corrected chi connectivity index (χ1v) is 7.56. The van der Waals surface area contributed by atoms with Gasteiger partial charge in [-0.15, -0.1) is 0 Å². The van der Waals surface area contributed by atoms with Crippen LogP contribution >= 0.6 is 0 Å². The molecule has 2 aliphatic rings. The van der Waals surface area contributed by atoms with Gasteiger partial charge in [-0.1, -0.05) is 6.42 Å². The first-order valence-electron chi connectivity index (χ1n) is 7.56. The summed E-state index contributed by atoms with van der Waals surface area (Å²) in [6.07, 6.45) is 6.66. The highest BCUT2D eigenvalue weighted by molar-refractivity contribution is 6.54. The lowest BCUT2D eigenvalue weighted by atomic mass is 9.80. The van der Waals surface area contributed by atoms with Crippen LogP contribution < -0.4 is 0 Å². The van der Waals surface area contributed by atoms with Crippen LogP contribution in [-0.4, -0.2) is 28.5 Å². The van der Waals surface area contributed by atoms with Crippen LogP contribution in [0.4, 0.5) is 4.39 Å². The Balaban J connectivity index is 1.80. The average Bonchev–Trinajstić information content (AvgIpc) is 2.81. The molecule has 1 aliphatic carbocycles. The maximum absolute atomic E-state index is 14.5. The molecule has 6 heteroatoms. The summed E-state index contributed by atoms with van der Waals surface area (Å²) in [5.41, 5.74) is 0.349. The largest absolute Gasteiger partial charge is 0.525 e. The first-order chi connectivity index (χ1) is 9.80. The third-order valence-corrected chi connectivity index (χ3v) is 4.98. The molecule has 2 heterocycles. The number of H-pyrrole nitrogens is 1. The molecule has 21 heavy (non-hydrogen) atoms. The molecule has 0 unspecified atom stereocenters. The number of halogens is 1. The van der Waals surface area contributed by atoms with Crippen molar-refractivity contribution in [2.75, 3.05) is 0 Å². The minimum Gasteiger partial charge on any atom is -0.398 e. The van der Waals surface area contributed by atoms with Gasteiger partial charge in [-0.05, 0) is 46.6 Å². The minimum absolute atomic E-state index is 0.407. The minimum atomic E-state index is -0.945. The van der Waals surface area contributed by atoms with E-state index in [-0.39, 0.29) is 0 Å². The molecule has 0 atom stereocenters. The maximum atomic E-state index is 14.5. The second-order valence-electron chi connectivity index (χ2n) is 6.98. The fourth-order valence-electron chi connectivity index (χ4n) is 2.62. The summed E-state index contributed by atoms with van der Waals surface area (Å²) in [4.78, 5) is 0. The van der Waals surface area contributed by atoms with E-state index in [1.54, 1.807) is 6.20 Å². The second-order valence-corrected chi connectivity index (χ2v) is 6.98. The Morgan fingerprint density at radius 3 is 2.48 bits per heavy atom. The normalized spacial score (nSPS) is 25.2. The van der Waals surface area contributed by atoms with Crippen molar-refractivity contribution in [2.24, 2.45) is 0 Å². The Bertz CT molecular complexity index is 548. The Hall–Kier alpha value is -1.14. The van der Waals surface area contributed by atoms with E-state index < -0.39 is 24.0 Å². The number of aromatic amines is 1. The SMILES string of the molecule is CC1(C)OB(C(F)=Cc2cn[nH]c2C2CCC2)OC1(C)C. The highest BCUT2D eigenvalue weighted by Gasteiger charge is 2.53. The Kier molecular flexibility index (Phi) is 3.49. The van der Waals surface area contributed by atoms with Crippen molar-refractivity contribution >= 4 is 13.2 Å². The molecule has 1 saturated heterocycles. The zero-order valence-electron chi connectivity index (χ0n) is 13.1. The quantitative estimate of drug-likeness (QED) is 0.865. The van der Waals surface area contributed by atoms with Gasteiger partial charge in [0.1, 0.15) is 5.73 Å². The van der Waals surface area contributed by atoms with E-state index in [2.05, 4.69) is 10.2 Å². The van der Waals surface area contributed by atoms with E-state index in [0.29, 0.717) is 5.92 Å². The summed E-state index contributed by atoms with van der Waals surface area (Å²) in [5.74, 6) is 0.477. The van der Waals surface area contributed by atoms with Gasteiger partial charge >= 0.3 is 7.12 Å². The van der Waals surface area contributed by atoms with Gasteiger partial charge in [-0.25, -0.2) is 4.39 Å². The molecule has 0 spiro atoms. The van der Waals surface area contributed by atoms with E-state index in [4.69, 9.17) is 9.31 Å². The molecule has 2 fully saturated rings. The van der Waals surface area contributed by atoms with Gasteiger partial charge in [0.15, 0.2) is 0 Å². The Morgan fingerprint density at radius 1 is 1.33 bits per heavy atom. The molecule has 0 amide bonds. The van der Waals surface area contributed by atoms with Crippen LogP contribution in [0.25, 0.3) is 6.08 Å². The van der Waals surface area contributed by atoms with Gasteiger partial charge in [-0.2, -0.15) is 5.10 Å². The van der Waals surface area contributed by atoms with Gasteiger partial charge in [0.05, 0.1) is 17.4 Å². The summed E-state index contributed by atoms with van der Waals surface area (Å²) in [6.45, 7) is 7.66. The van der Waals surface area contributed by atoms with Crippen LogP contribution in [0, 0.1) is 0 Å². The maximum Gasteiger partial charge on any atom is 0.525 e. The molecule has 1 aromatic heterocycles. The molecular formula is C15H22BFN2O2. The highest BCUT2D eigenvalue weighted by Crippen LogP contribution is 2.40. The number of hydrogen-bond acceptors (Lipinski definition) is 3. The van der Waals surface area contributed by atoms with Gasteiger partial charge in [0, 0.05) is 17.2 Å². The molecule has 0 aromatic carbocycles. The van der Waals surface area contributed by atoms with Crippen LogP contribution in [0.2, 0.25) is 0 Å². The van der Waals surface area contributed by atoms with E-state index in [0.717, 1.165) is 24.1 Å². The monoisotopic (exact) mass is 292 g/mol. The topological polar surface area (TPSA) is 47.1 Å². The molecule has 0 bridgehead atoms. The van der Waals surface area contributed by atoms with Crippen LogP contribution in [0.3, 0.4) is 0 Å². The van der Waals surface area contributed by atoms with Crippen LogP contribution in [0.5, 0.6) is 0 Å². The van der Waals surface area contributed by atoms with E-state index >= 15 is 0 Å². The van der Waals surface area contributed by atoms with Crippen LogP contribution in [0.15, 0.2) is 11.9 Å². The van der Waals surface area contributed by atoms with E-state index in [1.807, 2.05) is 27.7 Å². The van der Waals surface area contributed by atoms with E-state index in [1.165, 1.54) is 12.5 Å². The van der Waals surface area contributed by atoms with Crippen molar-refractivity contribution in [1.29, 1.82) is 0 Å². The van der Waals surface area contributed by atoms with Crippen molar-refractivity contribution in [3.8, 4) is 0 Å². The predicted octanol–water partition coefficient (Wildman–Crippen LogP) is 3.62. The van der Waals surface area contributed by atoms with Crippen molar-refractivity contribution in [3.05, 3.63) is 23.2 Å². The van der Waals surface area contributed by atoms with Crippen LogP contribution in [-0.2, 0) is 9.31 Å². The summed E-state index contributed by atoms with van der Waals surface area (Å²) in [5, 5.41) is 7.04. The molecule has 1 aliphatic heterocycles. The zero-order chi connectivity index (χ0) is 15.3. The number of hydrogen-bond donors (Lipinski definition) is 1. The number of rotatable bonds is 3. The molecule has 1 aromatic rings. The van der Waals surface area contributed by atoms with Crippen LogP contribution in [0.1, 0.15) is 64.1 Å². The smallest absolute Gasteiger partial charge is 0.398 e. The van der Waals surface area contributed by atoms with E-state index in [9.17, 15) is 4.39 Å². The molecule has 0 radical (unpaired) electrons. The number of aromatic nitrogens is 2. The standard InChI is InChI=1S/C15H22BFN2O2/c1-14(2)15(3,4)21-16(20-14)12(17)8-11-9-18-19-13(11)10-6-5-7-10/h8-10H,5-7H2,1-4H3,(H,18,19). The van der Waals surface area contributed by atoms with Crippen molar-refractivity contribution in [2.45, 2.75) is 64.1 Å². The summed E-state index contributed by atoms with van der Waals surface area (Å²) >= 11 is 0. The summed E-state index contributed by atoms with van der Waals surface area (Å²) < 4.78 is 25.9. The van der Waals surface area contributed by atoms with Crippen molar-refractivity contribution in [1.82, 2.24) is 10.2 Å². The third-order valence-electron chi connectivity index (χ3n) is 4.98. The molecule has 114 valence electrons. The zero-order valence-corrected chi connectivity index (χ0v) is 13.1.